The number of rotatable bonds is 7. The predicted octanol–water partition coefficient (Wildman–Crippen LogP) is 2.28. The van der Waals surface area contributed by atoms with Gasteiger partial charge in [0.25, 0.3) is 10.0 Å². The van der Waals surface area contributed by atoms with Crippen molar-refractivity contribution in [3.8, 4) is 11.5 Å². The molecule has 144 valence electrons. The largest absolute Gasteiger partial charge is 0.497 e. The molecule has 0 unspecified atom stereocenters. The van der Waals surface area contributed by atoms with Crippen LogP contribution in [-0.2, 0) is 20.2 Å². The van der Waals surface area contributed by atoms with Crippen LogP contribution in [0.25, 0.3) is 0 Å². The zero-order valence-electron chi connectivity index (χ0n) is 15.4. The molecule has 1 amide bonds. The van der Waals surface area contributed by atoms with Gasteiger partial charge in [-0.1, -0.05) is 12.1 Å². The lowest BCUT2D eigenvalue weighted by molar-refractivity contribution is -0.123. The van der Waals surface area contributed by atoms with E-state index in [0.29, 0.717) is 11.4 Å². The monoisotopic (exact) mass is 390 g/mol. The first-order valence-corrected chi connectivity index (χ1v) is 9.92. The van der Waals surface area contributed by atoms with Crippen molar-refractivity contribution in [1.29, 1.82) is 0 Å². The number of benzene rings is 2. The fourth-order valence-electron chi connectivity index (χ4n) is 3.07. The van der Waals surface area contributed by atoms with Gasteiger partial charge in [-0.2, -0.15) is 0 Å². The molecule has 8 heteroatoms. The van der Waals surface area contributed by atoms with Crippen LogP contribution >= 0.6 is 0 Å². The van der Waals surface area contributed by atoms with Gasteiger partial charge in [0, 0.05) is 18.8 Å². The Morgan fingerprint density at radius 2 is 1.70 bits per heavy atom. The van der Waals surface area contributed by atoms with Gasteiger partial charge < -0.3 is 14.8 Å². The van der Waals surface area contributed by atoms with Crippen LogP contribution in [0.2, 0.25) is 0 Å². The van der Waals surface area contributed by atoms with E-state index >= 15 is 0 Å². The van der Waals surface area contributed by atoms with Crippen molar-refractivity contribution in [2.75, 3.05) is 26.0 Å². The van der Waals surface area contributed by atoms with Gasteiger partial charge in [0.15, 0.2) is 0 Å². The van der Waals surface area contributed by atoms with E-state index in [0.717, 1.165) is 18.4 Å². The van der Waals surface area contributed by atoms with E-state index in [1.54, 1.807) is 37.4 Å². The molecule has 7 nitrogen and oxygen atoms in total. The lowest BCUT2D eigenvalue weighted by Crippen LogP contribution is -2.31. The molecule has 2 N–H and O–H groups in total. The molecule has 0 aromatic heterocycles. The molecule has 27 heavy (non-hydrogen) atoms. The van der Waals surface area contributed by atoms with Gasteiger partial charge in [-0.3, -0.25) is 9.52 Å². The van der Waals surface area contributed by atoms with E-state index in [1.165, 1.54) is 26.4 Å². The second kappa shape index (κ2) is 7.11. The predicted molar refractivity (Wildman–Crippen MR) is 102 cm³/mol. The molecule has 1 aliphatic carbocycles. The van der Waals surface area contributed by atoms with Crippen LogP contribution in [-0.4, -0.2) is 35.6 Å². The van der Waals surface area contributed by atoms with E-state index in [-0.39, 0.29) is 16.6 Å². The summed E-state index contributed by atoms with van der Waals surface area (Å²) in [6.07, 6.45) is 1.58. The minimum absolute atomic E-state index is 0.0162. The highest BCUT2D eigenvalue weighted by molar-refractivity contribution is 7.92. The SMILES string of the molecule is CNC(=O)C1(c2ccc(NS(=O)(=O)c3cc(OC)ccc3OC)cc2)CC1. The van der Waals surface area contributed by atoms with Crippen molar-refractivity contribution in [3.05, 3.63) is 48.0 Å². The second-order valence-corrected chi connectivity index (χ2v) is 8.01. The van der Waals surface area contributed by atoms with Crippen molar-refractivity contribution in [3.63, 3.8) is 0 Å². The summed E-state index contributed by atoms with van der Waals surface area (Å²) in [7, 11) is 0.610. The molecular weight excluding hydrogens is 368 g/mol. The number of carbonyl (C=O) groups is 1. The highest BCUT2D eigenvalue weighted by Crippen LogP contribution is 2.48. The molecule has 0 bridgehead atoms. The molecule has 0 radical (unpaired) electrons. The minimum Gasteiger partial charge on any atom is -0.497 e. The number of hydrogen-bond acceptors (Lipinski definition) is 5. The molecular formula is C19H22N2O5S. The Bertz CT molecular complexity index is 951. The van der Waals surface area contributed by atoms with Crippen LogP contribution in [0.5, 0.6) is 11.5 Å². The van der Waals surface area contributed by atoms with Crippen LogP contribution in [0.4, 0.5) is 5.69 Å². The third kappa shape index (κ3) is 3.57. The van der Waals surface area contributed by atoms with Crippen molar-refractivity contribution in [2.24, 2.45) is 0 Å². The standard InChI is InChI=1S/C19H22N2O5S/c1-20-18(22)19(10-11-19)13-4-6-14(7-5-13)21-27(23,24)17-12-15(25-2)8-9-16(17)26-3/h4-9,12,21H,10-11H2,1-3H3,(H,20,22). The number of anilines is 1. The lowest BCUT2D eigenvalue weighted by Gasteiger charge is -2.16. The Kier molecular flexibility index (Phi) is 5.01. The number of likely N-dealkylation sites (N-methyl/N-ethyl adjacent to an activating group) is 1. The molecule has 2 aromatic rings. The van der Waals surface area contributed by atoms with E-state index in [9.17, 15) is 13.2 Å². The normalized spacial score (nSPS) is 14.9. The molecule has 0 heterocycles. The smallest absolute Gasteiger partial charge is 0.265 e. The van der Waals surface area contributed by atoms with Gasteiger partial charge in [-0.25, -0.2) is 8.42 Å². The Morgan fingerprint density at radius 1 is 1.04 bits per heavy atom. The van der Waals surface area contributed by atoms with Gasteiger partial charge in [0.2, 0.25) is 5.91 Å². The zero-order chi connectivity index (χ0) is 19.7. The zero-order valence-corrected chi connectivity index (χ0v) is 16.2. The Labute approximate surface area is 158 Å². The van der Waals surface area contributed by atoms with Crippen molar-refractivity contribution in [2.45, 2.75) is 23.2 Å². The molecule has 0 spiro atoms. The second-order valence-electron chi connectivity index (χ2n) is 6.36. The molecule has 2 aromatic carbocycles. The first-order chi connectivity index (χ1) is 12.9. The van der Waals surface area contributed by atoms with Gasteiger partial charge in [-0.05, 0) is 42.7 Å². The fraction of sp³-hybridized carbons (Fsp3) is 0.316. The van der Waals surface area contributed by atoms with Crippen molar-refractivity contribution < 1.29 is 22.7 Å². The number of carbonyl (C=O) groups excluding carboxylic acids is 1. The van der Waals surface area contributed by atoms with Crippen LogP contribution < -0.4 is 19.5 Å². The Morgan fingerprint density at radius 3 is 2.22 bits per heavy atom. The minimum atomic E-state index is -3.88. The quantitative estimate of drug-likeness (QED) is 0.757. The third-order valence-corrected chi connectivity index (χ3v) is 6.16. The van der Waals surface area contributed by atoms with Crippen LogP contribution in [0.3, 0.4) is 0 Å². The number of methoxy groups -OCH3 is 2. The fourth-order valence-corrected chi connectivity index (χ4v) is 4.32. The third-order valence-electron chi connectivity index (χ3n) is 4.76. The van der Waals surface area contributed by atoms with E-state index in [2.05, 4.69) is 10.0 Å². The average Bonchev–Trinajstić information content (AvgIpc) is 3.49. The summed E-state index contributed by atoms with van der Waals surface area (Å²) in [5.41, 5.74) is 0.794. The molecule has 0 saturated heterocycles. The lowest BCUT2D eigenvalue weighted by atomic mass is 9.95. The number of ether oxygens (including phenoxy) is 2. The summed E-state index contributed by atoms with van der Waals surface area (Å²) in [6, 6.07) is 11.4. The van der Waals surface area contributed by atoms with Crippen LogP contribution in [0.1, 0.15) is 18.4 Å². The van der Waals surface area contributed by atoms with Gasteiger partial charge in [-0.15, -0.1) is 0 Å². The van der Waals surface area contributed by atoms with E-state index in [1.807, 2.05) is 0 Å². The summed E-state index contributed by atoms with van der Waals surface area (Å²) >= 11 is 0. The molecule has 1 aliphatic rings. The molecule has 3 rings (SSSR count). The molecule has 0 aliphatic heterocycles. The summed E-state index contributed by atoms with van der Waals surface area (Å²) in [5, 5.41) is 2.69. The Hall–Kier alpha value is -2.74. The number of amides is 1. The summed E-state index contributed by atoms with van der Waals surface area (Å²) in [5.74, 6) is 0.612. The first kappa shape index (κ1) is 19.0. The van der Waals surface area contributed by atoms with Crippen molar-refractivity contribution in [1.82, 2.24) is 5.32 Å². The van der Waals surface area contributed by atoms with E-state index < -0.39 is 15.4 Å². The van der Waals surface area contributed by atoms with Crippen LogP contribution in [0.15, 0.2) is 47.4 Å². The van der Waals surface area contributed by atoms with Gasteiger partial charge in [0.05, 0.1) is 19.6 Å². The summed E-state index contributed by atoms with van der Waals surface area (Å²) < 4.78 is 38.4. The maximum atomic E-state index is 12.8. The number of nitrogens with one attached hydrogen (secondary N) is 2. The van der Waals surface area contributed by atoms with Gasteiger partial charge >= 0.3 is 0 Å². The van der Waals surface area contributed by atoms with Crippen molar-refractivity contribution >= 4 is 21.6 Å². The summed E-state index contributed by atoms with van der Waals surface area (Å²) in [4.78, 5) is 12.1. The maximum Gasteiger partial charge on any atom is 0.265 e. The highest BCUT2D eigenvalue weighted by atomic mass is 32.2. The average molecular weight is 390 g/mol. The van der Waals surface area contributed by atoms with E-state index in [4.69, 9.17) is 9.47 Å². The molecule has 0 atom stereocenters. The Balaban J connectivity index is 1.86. The van der Waals surface area contributed by atoms with Crippen LogP contribution in [0, 0.1) is 0 Å². The molecule has 1 fully saturated rings. The number of sulfonamides is 1. The maximum absolute atomic E-state index is 12.8. The highest BCUT2D eigenvalue weighted by Gasteiger charge is 2.50. The topological polar surface area (TPSA) is 93.7 Å². The summed E-state index contributed by atoms with van der Waals surface area (Å²) in [6.45, 7) is 0. The first-order valence-electron chi connectivity index (χ1n) is 8.44. The van der Waals surface area contributed by atoms with Gasteiger partial charge in [0.1, 0.15) is 16.4 Å². The molecule has 1 saturated carbocycles. The number of hydrogen-bond donors (Lipinski definition) is 2.